The number of aromatic nitrogens is 2. The van der Waals surface area contributed by atoms with Crippen molar-refractivity contribution in [3.8, 4) is 5.88 Å². The molecule has 6 nitrogen and oxygen atoms in total. The fourth-order valence-electron chi connectivity index (χ4n) is 1.96. The van der Waals surface area contributed by atoms with E-state index in [1.54, 1.807) is 0 Å². The van der Waals surface area contributed by atoms with E-state index < -0.39 is 0 Å². The molecular formula is C14H27N5O. The minimum absolute atomic E-state index is 0.0353. The summed E-state index contributed by atoms with van der Waals surface area (Å²) in [5.74, 6) is 1.07. The van der Waals surface area contributed by atoms with Gasteiger partial charge in [0.2, 0.25) is 5.88 Å². The Kier molecular flexibility index (Phi) is 6.51. The minimum atomic E-state index is 0.0353. The van der Waals surface area contributed by atoms with Gasteiger partial charge in [-0.3, -0.25) is 0 Å². The zero-order valence-electron chi connectivity index (χ0n) is 13.2. The summed E-state index contributed by atoms with van der Waals surface area (Å²) in [5, 5.41) is 3.33. The van der Waals surface area contributed by atoms with Crippen LogP contribution in [0.4, 0.5) is 11.5 Å². The Morgan fingerprint density at radius 2 is 1.90 bits per heavy atom. The summed E-state index contributed by atoms with van der Waals surface area (Å²) in [6.07, 6.45) is 1.51. The highest BCUT2D eigenvalue weighted by molar-refractivity contribution is 5.66. The van der Waals surface area contributed by atoms with Gasteiger partial charge in [-0.15, -0.1) is 0 Å². The maximum absolute atomic E-state index is 6.05. The number of nitrogens with two attached hydrogens (primary N) is 1. The van der Waals surface area contributed by atoms with E-state index in [0.717, 1.165) is 19.6 Å². The van der Waals surface area contributed by atoms with Crippen LogP contribution in [0.15, 0.2) is 6.33 Å². The monoisotopic (exact) mass is 281 g/mol. The number of nitrogens with zero attached hydrogens (tertiary/aromatic N) is 3. The molecule has 0 fully saturated rings. The van der Waals surface area contributed by atoms with E-state index in [-0.39, 0.29) is 12.1 Å². The van der Waals surface area contributed by atoms with Crippen molar-refractivity contribution in [1.82, 2.24) is 14.9 Å². The molecule has 3 N–H and O–H groups in total. The Balaban J connectivity index is 2.72. The van der Waals surface area contributed by atoms with Gasteiger partial charge in [0, 0.05) is 12.6 Å². The molecular weight excluding hydrogens is 254 g/mol. The van der Waals surface area contributed by atoms with Crippen LogP contribution in [0.2, 0.25) is 0 Å². The topological polar surface area (TPSA) is 76.3 Å². The molecule has 0 aliphatic rings. The molecule has 0 aliphatic carbocycles. The zero-order chi connectivity index (χ0) is 15.1. The normalized spacial score (nSPS) is 12.8. The van der Waals surface area contributed by atoms with Crippen LogP contribution >= 0.6 is 0 Å². The van der Waals surface area contributed by atoms with Gasteiger partial charge < -0.3 is 20.7 Å². The molecule has 0 spiro atoms. The standard InChI is InChI=1S/C14H27N5O/c1-6-19(7-2)8-11(5)18-13-12(15)14(17-9-16-13)20-10(3)4/h9-11H,6-8,15H2,1-5H3,(H,16,17,18). The van der Waals surface area contributed by atoms with Crippen LogP contribution < -0.4 is 15.8 Å². The van der Waals surface area contributed by atoms with Crippen molar-refractivity contribution < 1.29 is 4.74 Å². The molecule has 0 aliphatic heterocycles. The van der Waals surface area contributed by atoms with Gasteiger partial charge in [0.1, 0.15) is 12.0 Å². The molecule has 0 amide bonds. The van der Waals surface area contributed by atoms with E-state index in [0.29, 0.717) is 17.4 Å². The average Bonchev–Trinajstić information content (AvgIpc) is 2.40. The van der Waals surface area contributed by atoms with Gasteiger partial charge in [0.05, 0.1) is 6.10 Å². The van der Waals surface area contributed by atoms with Gasteiger partial charge in [-0.25, -0.2) is 4.98 Å². The highest BCUT2D eigenvalue weighted by atomic mass is 16.5. The molecule has 20 heavy (non-hydrogen) atoms. The Morgan fingerprint density at radius 3 is 2.45 bits per heavy atom. The summed E-state index contributed by atoms with van der Waals surface area (Å²) in [5.41, 5.74) is 6.51. The predicted molar refractivity (Wildman–Crippen MR) is 83.1 cm³/mol. The number of hydrogen-bond donors (Lipinski definition) is 2. The van der Waals surface area contributed by atoms with Crippen LogP contribution in [-0.4, -0.2) is 46.6 Å². The second-order valence-corrected chi connectivity index (χ2v) is 5.14. The Bertz CT molecular complexity index is 407. The van der Waals surface area contributed by atoms with Crippen molar-refractivity contribution in [1.29, 1.82) is 0 Å². The van der Waals surface area contributed by atoms with Gasteiger partial charge in [-0.2, -0.15) is 4.98 Å². The van der Waals surface area contributed by atoms with E-state index in [2.05, 4.69) is 41.0 Å². The van der Waals surface area contributed by atoms with Crippen molar-refractivity contribution in [2.24, 2.45) is 0 Å². The fourth-order valence-corrected chi connectivity index (χ4v) is 1.96. The van der Waals surface area contributed by atoms with E-state index in [9.17, 15) is 0 Å². The Morgan fingerprint density at radius 1 is 1.25 bits per heavy atom. The molecule has 0 bridgehead atoms. The number of likely N-dealkylation sites (N-methyl/N-ethyl adjacent to an activating group) is 1. The second kappa shape index (κ2) is 7.89. The van der Waals surface area contributed by atoms with Gasteiger partial charge in [0.15, 0.2) is 5.82 Å². The predicted octanol–water partition coefficient (Wildman–Crippen LogP) is 1.99. The summed E-state index contributed by atoms with van der Waals surface area (Å²) in [7, 11) is 0. The van der Waals surface area contributed by atoms with Crippen LogP contribution in [0, 0.1) is 0 Å². The Hall–Kier alpha value is -1.56. The van der Waals surface area contributed by atoms with E-state index in [1.807, 2.05) is 13.8 Å². The van der Waals surface area contributed by atoms with Crippen LogP contribution in [0.5, 0.6) is 5.88 Å². The summed E-state index contributed by atoms with van der Waals surface area (Å²) < 4.78 is 5.56. The molecule has 0 saturated heterocycles. The van der Waals surface area contributed by atoms with Gasteiger partial charge >= 0.3 is 0 Å². The molecule has 0 saturated carbocycles. The first kappa shape index (κ1) is 16.5. The van der Waals surface area contributed by atoms with Crippen molar-refractivity contribution >= 4 is 11.5 Å². The lowest BCUT2D eigenvalue weighted by molar-refractivity contribution is 0.234. The number of nitrogens with one attached hydrogen (secondary N) is 1. The van der Waals surface area contributed by atoms with Gasteiger partial charge in [-0.05, 0) is 33.9 Å². The minimum Gasteiger partial charge on any atom is -0.473 e. The average molecular weight is 281 g/mol. The number of nitrogen functional groups attached to an aromatic ring is 1. The highest BCUT2D eigenvalue weighted by Crippen LogP contribution is 2.25. The summed E-state index contributed by atoms with van der Waals surface area (Å²) >= 11 is 0. The zero-order valence-corrected chi connectivity index (χ0v) is 13.2. The molecule has 114 valence electrons. The third kappa shape index (κ3) is 4.85. The quantitative estimate of drug-likeness (QED) is 0.759. The molecule has 0 radical (unpaired) electrons. The van der Waals surface area contributed by atoms with E-state index in [4.69, 9.17) is 10.5 Å². The fraction of sp³-hybridized carbons (Fsp3) is 0.714. The number of ether oxygens (including phenoxy) is 1. The number of rotatable bonds is 8. The smallest absolute Gasteiger partial charge is 0.242 e. The van der Waals surface area contributed by atoms with Crippen molar-refractivity contribution in [2.45, 2.75) is 46.8 Å². The maximum atomic E-state index is 6.05. The first-order valence-corrected chi connectivity index (χ1v) is 7.23. The molecule has 1 unspecified atom stereocenters. The maximum Gasteiger partial charge on any atom is 0.242 e. The lowest BCUT2D eigenvalue weighted by atomic mass is 10.3. The van der Waals surface area contributed by atoms with Crippen LogP contribution in [0.25, 0.3) is 0 Å². The van der Waals surface area contributed by atoms with Crippen molar-refractivity contribution in [3.05, 3.63) is 6.33 Å². The molecule has 1 aromatic rings. The van der Waals surface area contributed by atoms with Crippen LogP contribution in [0.1, 0.15) is 34.6 Å². The van der Waals surface area contributed by atoms with Crippen molar-refractivity contribution in [3.63, 3.8) is 0 Å². The van der Waals surface area contributed by atoms with Crippen LogP contribution in [0.3, 0.4) is 0 Å². The second-order valence-electron chi connectivity index (χ2n) is 5.14. The molecule has 1 heterocycles. The molecule has 0 aromatic carbocycles. The summed E-state index contributed by atoms with van der Waals surface area (Å²) in [6.45, 7) is 13.3. The van der Waals surface area contributed by atoms with Crippen molar-refractivity contribution in [2.75, 3.05) is 30.7 Å². The lowest BCUT2D eigenvalue weighted by Gasteiger charge is -2.24. The van der Waals surface area contributed by atoms with Crippen LogP contribution in [-0.2, 0) is 0 Å². The first-order valence-electron chi connectivity index (χ1n) is 7.23. The first-order chi connectivity index (χ1) is 9.47. The van der Waals surface area contributed by atoms with Gasteiger partial charge in [-0.1, -0.05) is 13.8 Å². The lowest BCUT2D eigenvalue weighted by Crippen LogP contribution is -2.35. The summed E-state index contributed by atoms with van der Waals surface area (Å²) in [6, 6.07) is 0.249. The molecule has 1 aromatic heterocycles. The molecule has 1 atom stereocenters. The third-order valence-electron chi connectivity index (χ3n) is 3.00. The van der Waals surface area contributed by atoms with E-state index in [1.165, 1.54) is 6.33 Å². The van der Waals surface area contributed by atoms with E-state index >= 15 is 0 Å². The SMILES string of the molecule is CCN(CC)CC(C)Nc1ncnc(OC(C)C)c1N. The number of anilines is 2. The Labute approximate surface area is 121 Å². The molecule has 1 rings (SSSR count). The highest BCUT2D eigenvalue weighted by Gasteiger charge is 2.13. The third-order valence-corrected chi connectivity index (χ3v) is 3.00. The number of hydrogen-bond acceptors (Lipinski definition) is 6. The van der Waals surface area contributed by atoms with Gasteiger partial charge in [0.25, 0.3) is 0 Å². The summed E-state index contributed by atoms with van der Waals surface area (Å²) in [4.78, 5) is 10.6. The molecule has 6 heteroatoms. The largest absolute Gasteiger partial charge is 0.473 e.